The molecule has 0 spiro atoms. The van der Waals surface area contributed by atoms with Crippen molar-refractivity contribution in [2.24, 2.45) is 5.73 Å². The quantitative estimate of drug-likeness (QED) is 0.686. The van der Waals surface area contributed by atoms with Gasteiger partial charge in [0.1, 0.15) is 6.54 Å². The molecule has 0 saturated carbocycles. The lowest BCUT2D eigenvalue weighted by Gasteiger charge is -2.26. The van der Waals surface area contributed by atoms with Crippen molar-refractivity contribution in [1.82, 2.24) is 10.2 Å². The third kappa shape index (κ3) is 4.69. The molecular weight excluding hydrogens is 182 g/mol. The van der Waals surface area contributed by atoms with E-state index in [0.29, 0.717) is 0 Å². The predicted molar refractivity (Wildman–Crippen MR) is 54.7 cm³/mol. The number of primary amides is 1. The zero-order chi connectivity index (χ0) is 11.3. The normalized spacial score (nSPS) is 10.4. The van der Waals surface area contributed by atoms with Gasteiger partial charge in [-0.2, -0.15) is 0 Å². The molecule has 3 amide bonds. The highest BCUT2D eigenvalue weighted by atomic mass is 16.2. The highest BCUT2D eigenvalue weighted by Crippen LogP contribution is 1.98. The highest BCUT2D eigenvalue weighted by Gasteiger charge is 2.18. The Morgan fingerprint density at radius 1 is 1.29 bits per heavy atom. The van der Waals surface area contributed by atoms with Gasteiger partial charge in [-0.25, -0.2) is 4.79 Å². The zero-order valence-corrected chi connectivity index (χ0v) is 9.20. The maximum atomic E-state index is 11.5. The van der Waals surface area contributed by atoms with Gasteiger partial charge in [0.05, 0.1) is 0 Å². The SMILES string of the molecule is CC(C)NC(=O)N(CC(N)=O)C(C)C. The molecule has 0 saturated heterocycles. The standard InChI is InChI=1S/C9H19N3O2/c1-6(2)11-9(14)12(7(3)4)5-8(10)13/h6-7H,5H2,1-4H3,(H2,10,13)(H,11,14). The summed E-state index contributed by atoms with van der Waals surface area (Å²) in [6, 6.07) is -0.244. The van der Waals surface area contributed by atoms with Crippen molar-refractivity contribution in [3.05, 3.63) is 0 Å². The van der Waals surface area contributed by atoms with Crippen LogP contribution in [0.15, 0.2) is 0 Å². The molecule has 5 nitrogen and oxygen atoms in total. The average Bonchev–Trinajstić information content (AvgIpc) is 1.97. The maximum absolute atomic E-state index is 11.5. The molecule has 0 heterocycles. The number of nitrogens with two attached hydrogens (primary N) is 1. The summed E-state index contributed by atoms with van der Waals surface area (Å²) in [5.74, 6) is -0.502. The number of carbonyl (C=O) groups excluding carboxylic acids is 2. The van der Waals surface area contributed by atoms with Crippen molar-refractivity contribution in [1.29, 1.82) is 0 Å². The van der Waals surface area contributed by atoms with E-state index in [0.717, 1.165) is 0 Å². The average molecular weight is 201 g/mol. The van der Waals surface area contributed by atoms with Gasteiger partial charge in [-0.15, -0.1) is 0 Å². The Hall–Kier alpha value is -1.26. The van der Waals surface area contributed by atoms with Crippen LogP contribution in [0.5, 0.6) is 0 Å². The van der Waals surface area contributed by atoms with E-state index in [-0.39, 0.29) is 24.7 Å². The number of hydrogen-bond donors (Lipinski definition) is 2. The van der Waals surface area contributed by atoms with E-state index in [1.807, 2.05) is 27.7 Å². The summed E-state index contributed by atoms with van der Waals surface area (Å²) < 4.78 is 0. The first-order chi connectivity index (χ1) is 6.34. The van der Waals surface area contributed by atoms with Gasteiger partial charge in [0.25, 0.3) is 0 Å². The molecule has 3 N–H and O–H groups in total. The van der Waals surface area contributed by atoms with Crippen LogP contribution in [0.2, 0.25) is 0 Å². The van der Waals surface area contributed by atoms with Gasteiger partial charge >= 0.3 is 6.03 Å². The third-order valence-corrected chi connectivity index (χ3v) is 1.62. The van der Waals surface area contributed by atoms with Gasteiger partial charge in [0, 0.05) is 12.1 Å². The van der Waals surface area contributed by atoms with E-state index in [1.54, 1.807) is 0 Å². The smallest absolute Gasteiger partial charge is 0.318 e. The van der Waals surface area contributed by atoms with Gasteiger partial charge in [-0.05, 0) is 27.7 Å². The molecule has 0 aliphatic rings. The molecule has 0 bridgehead atoms. The van der Waals surface area contributed by atoms with E-state index in [2.05, 4.69) is 5.32 Å². The van der Waals surface area contributed by atoms with E-state index in [1.165, 1.54) is 4.90 Å². The largest absolute Gasteiger partial charge is 0.368 e. The molecule has 0 atom stereocenters. The minimum atomic E-state index is -0.502. The van der Waals surface area contributed by atoms with E-state index < -0.39 is 5.91 Å². The summed E-state index contributed by atoms with van der Waals surface area (Å²) in [5, 5.41) is 2.71. The molecule has 0 fully saturated rings. The number of carbonyl (C=O) groups is 2. The topological polar surface area (TPSA) is 75.4 Å². The lowest BCUT2D eigenvalue weighted by Crippen LogP contribution is -2.49. The zero-order valence-electron chi connectivity index (χ0n) is 9.20. The Balaban J connectivity index is 4.33. The molecule has 0 aliphatic carbocycles. The lowest BCUT2D eigenvalue weighted by molar-refractivity contribution is -0.118. The summed E-state index contributed by atoms with van der Waals surface area (Å²) in [6.45, 7) is 7.35. The second kappa shape index (κ2) is 5.47. The molecule has 0 aromatic heterocycles. The minimum Gasteiger partial charge on any atom is -0.368 e. The summed E-state index contributed by atoms with van der Waals surface area (Å²) >= 11 is 0. The van der Waals surface area contributed by atoms with Crippen molar-refractivity contribution >= 4 is 11.9 Å². The summed E-state index contributed by atoms with van der Waals surface area (Å²) in [6.07, 6.45) is 0. The van der Waals surface area contributed by atoms with Crippen molar-refractivity contribution in [3.8, 4) is 0 Å². The molecule has 0 aliphatic heterocycles. The van der Waals surface area contributed by atoms with Gasteiger partial charge in [-0.1, -0.05) is 0 Å². The van der Waals surface area contributed by atoms with Crippen LogP contribution in [0.4, 0.5) is 4.79 Å². The first-order valence-electron chi connectivity index (χ1n) is 4.70. The van der Waals surface area contributed by atoms with Crippen molar-refractivity contribution in [3.63, 3.8) is 0 Å². The Bertz CT molecular complexity index is 214. The summed E-state index contributed by atoms with van der Waals surface area (Å²) in [5.41, 5.74) is 5.04. The van der Waals surface area contributed by atoms with Crippen molar-refractivity contribution in [2.45, 2.75) is 39.8 Å². The molecule has 0 aromatic rings. The number of urea groups is 1. The van der Waals surface area contributed by atoms with Gasteiger partial charge < -0.3 is 16.0 Å². The number of amides is 3. The highest BCUT2D eigenvalue weighted by molar-refractivity contribution is 5.83. The molecule has 0 aromatic carbocycles. The molecule has 0 rings (SSSR count). The van der Waals surface area contributed by atoms with Gasteiger partial charge in [-0.3, -0.25) is 4.79 Å². The number of hydrogen-bond acceptors (Lipinski definition) is 2. The number of nitrogens with one attached hydrogen (secondary N) is 1. The van der Waals surface area contributed by atoms with Crippen LogP contribution in [0.25, 0.3) is 0 Å². The van der Waals surface area contributed by atoms with Crippen LogP contribution in [0.3, 0.4) is 0 Å². The third-order valence-electron chi connectivity index (χ3n) is 1.62. The summed E-state index contributed by atoms with van der Waals surface area (Å²) in [4.78, 5) is 23.6. The van der Waals surface area contributed by atoms with Gasteiger partial charge in [0.2, 0.25) is 5.91 Å². The van der Waals surface area contributed by atoms with Crippen LogP contribution in [0, 0.1) is 0 Å². The molecule has 14 heavy (non-hydrogen) atoms. The molecule has 5 heteroatoms. The van der Waals surface area contributed by atoms with Crippen LogP contribution in [-0.4, -0.2) is 35.5 Å². The van der Waals surface area contributed by atoms with E-state index >= 15 is 0 Å². The van der Waals surface area contributed by atoms with Crippen molar-refractivity contribution in [2.75, 3.05) is 6.54 Å². The Labute approximate surface area is 84.6 Å². The molecule has 0 radical (unpaired) electrons. The molecule has 82 valence electrons. The summed E-state index contributed by atoms with van der Waals surface area (Å²) in [7, 11) is 0. The Morgan fingerprint density at radius 2 is 1.79 bits per heavy atom. The lowest BCUT2D eigenvalue weighted by atomic mass is 10.3. The Kier molecular flexibility index (Phi) is 4.97. The fourth-order valence-corrected chi connectivity index (χ4v) is 0.987. The fourth-order valence-electron chi connectivity index (χ4n) is 0.987. The van der Waals surface area contributed by atoms with E-state index in [4.69, 9.17) is 5.73 Å². The molecule has 0 unspecified atom stereocenters. The fraction of sp³-hybridized carbons (Fsp3) is 0.778. The first-order valence-corrected chi connectivity index (χ1v) is 4.70. The first kappa shape index (κ1) is 12.7. The maximum Gasteiger partial charge on any atom is 0.318 e. The number of nitrogens with zero attached hydrogens (tertiary/aromatic N) is 1. The van der Waals surface area contributed by atoms with Gasteiger partial charge in [0.15, 0.2) is 0 Å². The second-order valence-corrected chi connectivity index (χ2v) is 3.79. The van der Waals surface area contributed by atoms with Crippen molar-refractivity contribution < 1.29 is 9.59 Å². The minimum absolute atomic E-state index is 0.0405. The predicted octanol–water partition coefficient (Wildman–Crippen LogP) is 0.300. The number of rotatable bonds is 4. The monoisotopic (exact) mass is 201 g/mol. The Morgan fingerprint density at radius 3 is 2.07 bits per heavy atom. The second-order valence-electron chi connectivity index (χ2n) is 3.79. The van der Waals surface area contributed by atoms with Crippen LogP contribution >= 0.6 is 0 Å². The van der Waals surface area contributed by atoms with Crippen LogP contribution in [-0.2, 0) is 4.79 Å². The van der Waals surface area contributed by atoms with Crippen LogP contribution in [0.1, 0.15) is 27.7 Å². The molecular formula is C9H19N3O2. The van der Waals surface area contributed by atoms with E-state index in [9.17, 15) is 9.59 Å². The van der Waals surface area contributed by atoms with Crippen LogP contribution < -0.4 is 11.1 Å².